The lowest BCUT2D eigenvalue weighted by atomic mass is 10.1. The molecule has 0 radical (unpaired) electrons. The summed E-state index contributed by atoms with van der Waals surface area (Å²) in [6.07, 6.45) is -0.368. The largest absolute Gasteiger partial charge is 0.332 e. The fourth-order valence-corrected chi connectivity index (χ4v) is 1.66. The van der Waals surface area contributed by atoms with Gasteiger partial charge in [0.25, 0.3) is 0 Å². The third-order valence-corrected chi connectivity index (χ3v) is 2.44. The van der Waals surface area contributed by atoms with Gasteiger partial charge in [0.2, 0.25) is 11.8 Å². The Morgan fingerprint density at radius 2 is 2.36 bits per heavy atom. The number of nitrogens with zero attached hydrogens (tertiary/aromatic N) is 2. The third kappa shape index (κ3) is 2.41. The zero-order chi connectivity index (χ0) is 10.8. The van der Waals surface area contributed by atoms with Crippen LogP contribution in [0, 0.1) is 17.2 Å². The van der Waals surface area contributed by atoms with Crippen LogP contribution in [0.2, 0.25) is 0 Å². The average molecular weight is 202 g/mol. The molecule has 1 saturated carbocycles. The van der Waals surface area contributed by atoms with Gasteiger partial charge in [-0.3, -0.25) is 4.79 Å². The third-order valence-electron chi connectivity index (χ3n) is 2.44. The molecule has 78 valence electrons. The lowest BCUT2D eigenvalue weighted by Crippen LogP contribution is -2.32. The Morgan fingerprint density at radius 1 is 1.71 bits per heavy atom. The van der Waals surface area contributed by atoms with E-state index in [1.54, 1.807) is 0 Å². The van der Waals surface area contributed by atoms with Crippen LogP contribution in [0.4, 0.5) is 8.78 Å². The molecule has 1 atom stereocenters. The van der Waals surface area contributed by atoms with Crippen molar-refractivity contribution in [3.05, 3.63) is 0 Å². The first-order valence-electron chi connectivity index (χ1n) is 4.46. The molecular weight excluding hydrogens is 190 g/mol. The fourth-order valence-electron chi connectivity index (χ4n) is 1.66. The second-order valence-corrected chi connectivity index (χ2v) is 3.65. The van der Waals surface area contributed by atoms with Crippen LogP contribution in [0.5, 0.6) is 0 Å². The van der Waals surface area contributed by atoms with Crippen molar-refractivity contribution in [1.82, 2.24) is 4.90 Å². The van der Waals surface area contributed by atoms with Gasteiger partial charge in [0.05, 0.1) is 6.07 Å². The van der Waals surface area contributed by atoms with Gasteiger partial charge in [-0.2, -0.15) is 5.26 Å². The molecule has 0 spiro atoms. The Hall–Kier alpha value is -1.18. The van der Waals surface area contributed by atoms with Gasteiger partial charge in [0.1, 0.15) is 6.54 Å². The molecule has 0 aromatic carbocycles. The van der Waals surface area contributed by atoms with Crippen LogP contribution in [0.3, 0.4) is 0 Å². The monoisotopic (exact) mass is 202 g/mol. The zero-order valence-corrected chi connectivity index (χ0v) is 7.96. The maximum atomic E-state index is 12.8. The smallest absolute Gasteiger partial charge is 0.248 e. The number of rotatable bonds is 2. The summed E-state index contributed by atoms with van der Waals surface area (Å²) in [7, 11) is 1.46. The first kappa shape index (κ1) is 10.9. The Bertz CT molecular complexity index is 272. The molecule has 1 unspecified atom stereocenters. The molecule has 14 heavy (non-hydrogen) atoms. The van der Waals surface area contributed by atoms with Gasteiger partial charge in [0, 0.05) is 25.8 Å². The van der Waals surface area contributed by atoms with Crippen molar-refractivity contribution in [3.8, 4) is 6.07 Å². The van der Waals surface area contributed by atoms with Crippen LogP contribution in [-0.2, 0) is 4.79 Å². The molecule has 1 aliphatic carbocycles. The van der Waals surface area contributed by atoms with Gasteiger partial charge < -0.3 is 4.90 Å². The van der Waals surface area contributed by atoms with Crippen molar-refractivity contribution in [1.29, 1.82) is 5.26 Å². The summed E-state index contributed by atoms with van der Waals surface area (Å²) in [5.41, 5.74) is 0. The minimum atomic E-state index is -2.70. The van der Waals surface area contributed by atoms with E-state index in [1.807, 2.05) is 6.07 Å². The van der Waals surface area contributed by atoms with Crippen LogP contribution in [-0.4, -0.2) is 30.3 Å². The van der Waals surface area contributed by atoms with Crippen LogP contribution in [0.25, 0.3) is 0 Å². The molecule has 0 bridgehead atoms. The first-order chi connectivity index (χ1) is 6.46. The van der Waals surface area contributed by atoms with Crippen molar-refractivity contribution >= 4 is 5.91 Å². The van der Waals surface area contributed by atoms with Gasteiger partial charge in [-0.15, -0.1) is 0 Å². The Morgan fingerprint density at radius 3 is 2.79 bits per heavy atom. The summed E-state index contributed by atoms with van der Waals surface area (Å²) in [5, 5.41) is 8.34. The SMILES string of the molecule is CN(CC#N)C(=O)C1CCC(F)(F)C1. The van der Waals surface area contributed by atoms with E-state index in [2.05, 4.69) is 0 Å². The Labute approximate surface area is 81.3 Å². The van der Waals surface area contributed by atoms with E-state index in [4.69, 9.17) is 5.26 Å². The highest BCUT2D eigenvalue weighted by Gasteiger charge is 2.43. The summed E-state index contributed by atoms with van der Waals surface area (Å²) in [6.45, 7) is -0.0408. The molecule has 1 amide bonds. The first-order valence-corrected chi connectivity index (χ1v) is 4.46. The molecule has 3 nitrogen and oxygen atoms in total. The van der Waals surface area contributed by atoms with E-state index in [1.165, 1.54) is 11.9 Å². The van der Waals surface area contributed by atoms with Crippen molar-refractivity contribution in [2.45, 2.75) is 25.2 Å². The quantitative estimate of drug-likeness (QED) is 0.635. The second kappa shape index (κ2) is 3.91. The number of nitriles is 1. The lowest BCUT2D eigenvalue weighted by molar-refractivity contribution is -0.134. The van der Waals surface area contributed by atoms with Crippen LogP contribution < -0.4 is 0 Å². The number of halogens is 2. The van der Waals surface area contributed by atoms with E-state index in [-0.39, 0.29) is 31.7 Å². The van der Waals surface area contributed by atoms with E-state index < -0.39 is 11.8 Å². The number of amides is 1. The maximum Gasteiger partial charge on any atom is 0.248 e. The van der Waals surface area contributed by atoms with Crippen molar-refractivity contribution in [3.63, 3.8) is 0 Å². The molecule has 0 aromatic rings. The predicted octanol–water partition coefficient (Wildman–Crippen LogP) is 1.40. The number of hydrogen-bond acceptors (Lipinski definition) is 2. The minimum Gasteiger partial charge on any atom is -0.332 e. The summed E-state index contributed by atoms with van der Waals surface area (Å²) >= 11 is 0. The van der Waals surface area contributed by atoms with Gasteiger partial charge in [-0.05, 0) is 6.42 Å². The summed E-state index contributed by atoms with van der Waals surface area (Å²) in [4.78, 5) is 12.7. The molecule has 0 N–H and O–H groups in total. The number of alkyl halides is 2. The van der Waals surface area contributed by atoms with Crippen LogP contribution in [0.1, 0.15) is 19.3 Å². The van der Waals surface area contributed by atoms with Gasteiger partial charge in [0.15, 0.2) is 0 Å². The molecule has 0 saturated heterocycles. The summed E-state index contributed by atoms with van der Waals surface area (Å²) < 4.78 is 25.5. The molecule has 5 heteroatoms. The van der Waals surface area contributed by atoms with E-state index >= 15 is 0 Å². The number of carbonyl (C=O) groups excluding carboxylic acids is 1. The van der Waals surface area contributed by atoms with Crippen molar-refractivity contribution < 1.29 is 13.6 Å². The summed E-state index contributed by atoms with van der Waals surface area (Å²) in [5.74, 6) is -3.65. The molecular formula is C9H12F2N2O. The normalized spacial score (nSPS) is 24.3. The van der Waals surface area contributed by atoms with Gasteiger partial charge in [-0.1, -0.05) is 0 Å². The lowest BCUT2D eigenvalue weighted by Gasteiger charge is -2.17. The Kier molecular flexibility index (Phi) is 3.04. The van der Waals surface area contributed by atoms with E-state index in [0.29, 0.717) is 0 Å². The molecule has 0 aliphatic heterocycles. The highest BCUT2D eigenvalue weighted by Crippen LogP contribution is 2.39. The minimum absolute atomic E-state index is 0.0408. The Balaban J connectivity index is 2.52. The van der Waals surface area contributed by atoms with Gasteiger partial charge >= 0.3 is 0 Å². The van der Waals surface area contributed by atoms with Crippen molar-refractivity contribution in [2.24, 2.45) is 5.92 Å². The van der Waals surface area contributed by atoms with Crippen molar-refractivity contribution in [2.75, 3.05) is 13.6 Å². The fraction of sp³-hybridized carbons (Fsp3) is 0.778. The molecule has 1 fully saturated rings. The van der Waals surface area contributed by atoms with Gasteiger partial charge in [-0.25, -0.2) is 8.78 Å². The number of carbonyl (C=O) groups is 1. The average Bonchev–Trinajstić information content (AvgIpc) is 2.45. The second-order valence-electron chi connectivity index (χ2n) is 3.65. The highest BCUT2D eigenvalue weighted by molar-refractivity contribution is 5.79. The standard InChI is InChI=1S/C9H12F2N2O/c1-13(5-4-12)8(14)7-2-3-9(10,11)6-7/h7H,2-3,5-6H2,1H3. The molecule has 0 heterocycles. The zero-order valence-electron chi connectivity index (χ0n) is 7.96. The molecule has 1 aliphatic rings. The van der Waals surface area contributed by atoms with E-state index in [0.717, 1.165) is 0 Å². The van der Waals surface area contributed by atoms with E-state index in [9.17, 15) is 13.6 Å². The van der Waals surface area contributed by atoms with Crippen LogP contribution >= 0.6 is 0 Å². The predicted molar refractivity (Wildman–Crippen MR) is 45.5 cm³/mol. The molecule has 0 aromatic heterocycles. The number of hydrogen-bond donors (Lipinski definition) is 0. The molecule has 1 rings (SSSR count). The maximum absolute atomic E-state index is 12.8. The van der Waals surface area contributed by atoms with Crippen LogP contribution in [0.15, 0.2) is 0 Å². The highest BCUT2D eigenvalue weighted by atomic mass is 19.3. The topological polar surface area (TPSA) is 44.1 Å². The summed E-state index contributed by atoms with van der Waals surface area (Å²) in [6, 6.07) is 1.81.